The lowest BCUT2D eigenvalue weighted by atomic mass is 10.2. The molecule has 0 bridgehead atoms. The molecule has 1 amide bonds. The number of rotatable bonds is 5. The van der Waals surface area contributed by atoms with Crippen LogP contribution in [0, 0.1) is 29.6 Å². The highest BCUT2D eigenvalue weighted by Gasteiger charge is 2.18. The van der Waals surface area contributed by atoms with E-state index in [1.807, 2.05) is 42.5 Å². The number of nitrogens with zero attached hydrogens (tertiary/aromatic N) is 4. The van der Waals surface area contributed by atoms with Gasteiger partial charge in [-0.15, -0.1) is 0 Å². The number of hydrogen-bond donors (Lipinski definition) is 0. The molecule has 110 valence electrons. The Hall–Kier alpha value is -3.12. The summed E-state index contributed by atoms with van der Waals surface area (Å²) in [5.74, 6) is 0.688. The van der Waals surface area contributed by atoms with Crippen molar-refractivity contribution in [3.05, 3.63) is 41.8 Å². The summed E-state index contributed by atoms with van der Waals surface area (Å²) in [5, 5.41) is 17.4. The van der Waals surface area contributed by atoms with Gasteiger partial charge in [-0.1, -0.05) is 18.2 Å². The van der Waals surface area contributed by atoms with Crippen LogP contribution in [-0.2, 0) is 11.2 Å². The van der Waals surface area contributed by atoms with Crippen LogP contribution < -0.4 is 0 Å². The Morgan fingerprint density at radius 1 is 1.23 bits per heavy atom. The highest BCUT2D eigenvalue weighted by atomic mass is 16.4. The van der Waals surface area contributed by atoms with Gasteiger partial charge < -0.3 is 9.32 Å². The molecule has 1 heterocycles. The van der Waals surface area contributed by atoms with Gasteiger partial charge in [-0.25, -0.2) is 4.98 Å². The van der Waals surface area contributed by atoms with Gasteiger partial charge in [0.2, 0.25) is 11.8 Å². The fourth-order valence-electron chi connectivity index (χ4n) is 1.95. The summed E-state index contributed by atoms with van der Waals surface area (Å²) in [6.45, 7) is 1.50. The molecule has 2 rings (SSSR count). The van der Waals surface area contributed by atoms with Gasteiger partial charge in [-0.2, -0.15) is 10.5 Å². The molecule has 0 radical (unpaired) electrons. The van der Waals surface area contributed by atoms with Crippen LogP contribution in [-0.4, -0.2) is 28.9 Å². The topological polar surface area (TPSA) is 93.9 Å². The zero-order valence-electron chi connectivity index (χ0n) is 12.1. The largest absolute Gasteiger partial charge is 0.441 e. The quantitative estimate of drug-likeness (QED) is 0.787. The molecule has 0 fully saturated rings. The van der Waals surface area contributed by atoms with Crippen molar-refractivity contribution < 1.29 is 9.21 Å². The molecule has 0 saturated carbocycles. The van der Waals surface area contributed by atoms with Gasteiger partial charge in [-0.05, 0) is 19.1 Å². The van der Waals surface area contributed by atoms with Crippen LogP contribution in [0.4, 0.5) is 0 Å². The first-order chi connectivity index (χ1) is 10.7. The lowest BCUT2D eigenvalue weighted by Crippen LogP contribution is -2.33. The minimum Gasteiger partial charge on any atom is -0.441 e. The van der Waals surface area contributed by atoms with Crippen molar-refractivity contribution in [3.63, 3.8) is 0 Å². The number of benzene rings is 1. The Labute approximate surface area is 128 Å². The summed E-state index contributed by atoms with van der Waals surface area (Å²) in [6.07, 6.45) is 0.00548. The fraction of sp³-hybridized carbons (Fsp3) is 0.250. The summed E-state index contributed by atoms with van der Waals surface area (Å²) >= 11 is 0. The van der Waals surface area contributed by atoms with E-state index in [1.165, 1.54) is 4.90 Å². The van der Waals surface area contributed by atoms with Crippen molar-refractivity contribution >= 4 is 5.91 Å². The summed E-state index contributed by atoms with van der Waals surface area (Å²) in [6, 6.07) is 13.1. The molecule has 6 nitrogen and oxygen atoms in total. The normalized spacial score (nSPS) is 9.77. The van der Waals surface area contributed by atoms with Crippen molar-refractivity contribution in [2.45, 2.75) is 13.3 Å². The van der Waals surface area contributed by atoms with E-state index in [-0.39, 0.29) is 25.4 Å². The first-order valence-corrected chi connectivity index (χ1v) is 6.69. The van der Waals surface area contributed by atoms with Crippen molar-refractivity contribution in [2.75, 3.05) is 13.1 Å². The van der Waals surface area contributed by atoms with Crippen LogP contribution in [0.3, 0.4) is 0 Å². The SMILES string of the molecule is Cc1oc(-c2ccccc2)nc1CC(=O)N(CC#N)CC#N. The van der Waals surface area contributed by atoms with Crippen LogP contribution in [0.15, 0.2) is 34.7 Å². The number of amides is 1. The van der Waals surface area contributed by atoms with Gasteiger partial charge in [0.05, 0.1) is 24.3 Å². The summed E-state index contributed by atoms with van der Waals surface area (Å²) in [5.41, 5.74) is 1.35. The molecule has 0 aliphatic rings. The third kappa shape index (κ3) is 3.50. The van der Waals surface area contributed by atoms with Crippen LogP contribution in [0.5, 0.6) is 0 Å². The molecule has 0 aliphatic heterocycles. The highest BCUT2D eigenvalue weighted by Crippen LogP contribution is 2.21. The zero-order valence-corrected chi connectivity index (χ0v) is 12.1. The van der Waals surface area contributed by atoms with Gasteiger partial charge in [0.1, 0.15) is 18.8 Å². The van der Waals surface area contributed by atoms with Gasteiger partial charge in [0, 0.05) is 5.56 Å². The van der Waals surface area contributed by atoms with Crippen LogP contribution in [0.1, 0.15) is 11.5 Å². The maximum absolute atomic E-state index is 12.1. The predicted octanol–water partition coefficient (Wildman–Crippen LogP) is 2.07. The third-order valence-corrected chi connectivity index (χ3v) is 3.11. The molecule has 0 unspecified atom stereocenters. The maximum Gasteiger partial charge on any atom is 0.230 e. The van der Waals surface area contributed by atoms with Crippen molar-refractivity contribution in [3.8, 4) is 23.6 Å². The molecular weight excluding hydrogens is 280 g/mol. The van der Waals surface area contributed by atoms with E-state index < -0.39 is 0 Å². The number of carbonyl (C=O) groups excluding carboxylic acids is 1. The van der Waals surface area contributed by atoms with Crippen LogP contribution in [0.2, 0.25) is 0 Å². The summed E-state index contributed by atoms with van der Waals surface area (Å²) in [4.78, 5) is 17.7. The van der Waals surface area contributed by atoms with E-state index in [0.29, 0.717) is 17.3 Å². The average Bonchev–Trinajstić information content (AvgIpc) is 2.89. The number of oxazole rings is 1. The van der Waals surface area contributed by atoms with E-state index in [2.05, 4.69) is 4.98 Å². The predicted molar refractivity (Wildman–Crippen MR) is 78.2 cm³/mol. The molecule has 0 saturated heterocycles. The van der Waals surface area contributed by atoms with Crippen molar-refractivity contribution in [2.24, 2.45) is 0 Å². The van der Waals surface area contributed by atoms with E-state index in [4.69, 9.17) is 14.9 Å². The van der Waals surface area contributed by atoms with Gasteiger partial charge in [0.25, 0.3) is 0 Å². The third-order valence-electron chi connectivity index (χ3n) is 3.11. The van der Waals surface area contributed by atoms with E-state index in [1.54, 1.807) is 6.92 Å². The van der Waals surface area contributed by atoms with E-state index >= 15 is 0 Å². The Morgan fingerprint density at radius 2 is 1.86 bits per heavy atom. The first kappa shape index (κ1) is 15.3. The summed E-state index contributed by atoms with van der Waals surface area (Å²) < 4.78 is 5.59. The minimum atomic E-state index is -0.320. The number of carbonyl (C=O) groups is 1. The molecule has 0 spiro atoms. The Balaban J connectivity index is 2.17. The monoisotopic (exact) mass is 294 g/mol. The average molecular weight is 294 g/mol. The lowest BCUT2D eigenvalue weighted by Gasteiger charge is -2.14. The molecule has 0 aliphatic carbocycles. The lowest BCUT2D eigenvalue weighted by molar-refractivity contribution is -0.129. The molecule has 2 aromatic rings. The fourth-order valence-corrected chi connectivity index (χ4v) is 1.95. The van der Waals surface area contributed by atoms with Gasteiger partial charge in [-0.3, -0.25) is 4.79 Å². The number of aromatic nitrogens is 1. The second-order valence-corrected chi connectivity index (χ2v) is 4.63. The number of aryl methyl sites for hydroxylation is 1. The molecule has 1 aromatic carbocycles. The van der Waals surface area contributed by atoms with Gasteiger partial charge >= 0.3 is 0 Å². The molecule has 0 atom stereocenters. The maximum atomic E-state index is 12.1. The smallest absolute Gasteiger partial charge is 0.230 e. The molecule has 22 heavy (non-hydrogen) atoms. The number of nitriles is 2. The van der Waals surface area contributed by atoms with Crippen LogP contribution >= 0.6 is 0 Å². The van der Waals surface area contributed by atoms with Crippen molar-refractivity contribution in [1.82, 2.24) is 9.88 Å². The molecular formula is C16H14N4O2. The first-order valence-electron chi connectivity index (χ1n) is 6.69. The summed E-state index contributed by atoms with van der Waals surface area (Å²) in [7, 11) is 0. The standard InChI is InChI=1S/C16H14N4O2/c1-12-14(11-15(21)20(9-7-17)10-8-18)19-16(22-12)13-5-3-2-4-6-13/h2-6H,9-11H2,1H3. The zero-order chi connectivity index (χ0) is 15.9. The van der Waals surface area contributed by atoms with Crippen molar-refractivity contribution in [1.29, 1.82) is 10.5 Å². The Bertz CT molecular complexity index is 722. The van der Waals surface area contributed by atoms with E-state index in [0.717, 1.165) is 5.56 Å². The minimum absolute atomic E-state index is 0.00548. The second kappa shape index (κ2) is 7.05. The Morgan fingerprint density at radius 3 is 2.45 bits per heavy atom. The highest BCUT2D eigenvalue weighted by molar-refractivity contribution is 5.79. The molecule has 6 heteroatoms. The van der Waals surface area contributed by atoms with Gasteiger partial charge in [0.15, 0.2) is 0 Å². The number of hydrogen-bond acceptors (Lipinski definition) is 5. The molecule has 1 aromatic heterocycles. The van der Waals surface area contributed by atoms with E-state index in [9.17, 15) is 4.79 Å². The Kier molecular flexibility index (Phi) is 4.89. The molecule has 0 N–H and O–H groups in total. The van der Waals surface area contributed by atoms with Crippen LogP contribution in [0.25, 0.3) is 11.5 Å². The second-order valence-electron chi connectivity index (χ2n) is 4.63.